The Balaban J connectivity index is 1.90. The third-order valence-electron chi connectivity index (χ3n) is 3.45. The Morgan fingerprint density at radius 1 is 1.53 bits per heavy atom. The smallest absolute Gasteiger partial charge is 0.261 e. The highest BCUT2D eigenvalue weighted by Crippen LogP contribution is 2.30. The first-order valence-corrected chi connectivity index (χ1v) is 7.81. The average Bonchev–Trinajstić information content (AvgIpc) is 2.83. The summed E-state index contributed by atoms with van der Waals surface area (Å²) in [4.78, 5) is 14.2. The van der Waals surface area contributed by atoms with Gasteiger partial charge in [0, 0.05) is 11.4 Å². The van der Waals surface area contributed by atoms with E-state index in [-0.39, 0.29) is 5.91 Å². The zero-order valence-corrected chi connectivity index (χ0v) is 12.8. The molecule has 0 aliphatic heterocycles. The van der Waals surface area contributed by atoms with Crippen molar-refractivity contribution in [2.45, 2.75) is 52.1 Å². The molecule has 3 nitrogen and oxygen atoms in total. The minimum atomic E-state index is -0.830. The van der Waals surface area contributed by atoms with Gasteiger partial charge in [-0.25, -0.2) is 0 Å². The molecule has 0 aromatic carbocycles. The zero-order chi connectivity index (χ0) is 14.0. The van der Waals surface area contributed by atoms with Gasteiger partial charge in [0.05, 0.1) is 10.5 Å². The number of hydrogen-bond acceptors (Lipinski definition) is 3. The van der Waals surface area contributed by atoms with Crippen molar-refractivity contribution in [1.82, 2.24) is 5.32 Å². The van der Waals surface area contributed by atoms with Crippen LogP contribution in [0.15, 0.2) is 6.07 Å². The summed E-state index contributed by atoms with van der Waals surface area (Å²) < 4.78 is 0. The minimum Gasteiger partial charge on any atom is -0.388 e. The van der Waals surface area contributed by atoms with Crippen molar-refractivity contribution >= 4 is 17.2 Å². The molecule has 1 unspecified atom stereocenters. The number of nitrogens with one attached hydrogen (secondary N) is 1. The summed E-state index contributed by atoms with van der Waals surface area (Å²) in [6.07, 6.45) is 4.11. The van der Waals surface area contributed by atoms with Crippen LogP contribution in [-0.2, 0) is 12.8 Å². The second-order valence-electron chi connectivity index (χ2n) is 6.19. The van der Waals surface area contributed by atoms with Crippen LogP contribution in [0.3, 0.4) is 0 Å². The lowest BCUT2D eigenvalue weighted by Gasteiger charge is -2.25. The Morgan fingerprint density at radius 2 is 2.26 bits per heavy atom. The quantitative estimate of drug-likeness (QED) is 0.872. The summed E-state index contributed by atoms with van der Waals surface area (Å²) in [6, 6.07) is 2.01. The molecule has 0 saturated heterocycles. The molecule has 0 fully saturated rings. The van der Waals surface area contributed by atoms with Gasteiger partial charge in [0.2, 0.25) is 0 Å². The summed E-state index contributed by atoms with van der Waals surface area (Å²) in [5.41, 5.74) is 0.508. The first-order chi connectivity index (χ1) is 8.87. The molecule has 0 bridgehead atoms. The Hall–Kier alpha value is -0.870. The van der Waals surface area contributed by atoms with Crippen molar-refractivity contribution in [3.05, 3.63) is 21.4 Å². The fourth-order valence-corrected chi connectivity index (χ4v) is 3.92. The van der Waals surface area contributed by atoms with Crippen LogP contribution in [0.5, 0.6) is 0 Å². The second-order valence-corrected chi connectivity index (χ2v) is 7.33. The normalized spacial score (nSPS) is 17.3. The van der Waals surface area contributed by atoms with Crippen LogP contribution < -0.4 is 5.32 Å². The molecule has 0 saturated carbocycles. The first-order valence-electron chi connectivity index (χ1n) is 6.99. The molecule has 106 valence electrons. The number of hydrogen-bond donors (Lipinski definition) is 2. The summed E-state index contributed by atoms with van der Waals surface area (Å²) in [6.45, 7) is 6.23. The molecule has 4 heteroatoms. The number of carbonyl (C=O) groups excluding carboxylic acids is 1. The highest BCUT2D eigenvalue weighted by molar-refractivity contribution is 7.14. The van der Waals surface area contributed by atoms with Crippen LogP contribution in [-0.4, -0.2) is 23.2 Å². The van der Waals surface area contributed by atoms with Crippen molar-refractivity contribution in [2.75, 3.05) is 6.54 Å². The number of carbonyl (C=O) groups is 1. The molecule has 1 aliphatic rings. The third kappa shape index (κ3) is 3.80. The van der Waals surface area contributed by atoms with Crippen LogP contribution in [0, 0.1) is 5.92 Å². The zero-order valence-electron chi connectivity index (χ0n) is 12.0. The lowest BCUT2D eigenvalue weighted by atomic mass is 9.94. The number of rotatable bonds is 5. The van der Waals surface area contributed by atoms with Gasteiger partial charge in [-0.1, -0.05) is 13.8 Å². The molecule has 1 amide bonds. The second kappa shape index (κ2) is 5.63. The molecule has 1 aromatic rings. The molecule has 19 heavy (non-hydrogen) atoms. The van der Waals surface area contributed by atoms with E-state index in [0.29, 0.717) is 18.9 Å². The number of aliphatic hydroxyl groups is 1. The number of fused-ring (bicyclic) bond motifs is 1. The van der Waals surface area contributed by atoms with E-state index in [4.69, 9.17) is 0 Å². The summed E-state index contributed by atoms with van der Waals surface area (Å²) in [5, 5.41) is 13.0. The van der Waals surface area contributed by atoms with Gasteiger partial charge in [-0.3, -0.25) is 4.79 Å². The number of amides is 1. The van der Waals surface area contributed by atoms with Gasteiger partial charge in [-0.05, 0) is 50.2 Å². The van der Waals surface area contributed by atoms with E-state index in [1.54, 1.807) is 18.3 Å². The van der Waals surface area contributed by atoms with E-state index < -0.39 is 5.60 Å². The summed E-state index contributed by atoms with van der Waals surface area (Å²) in [5.74, 6) is 0.362. The van der Waals surface area contributed by atoms with Crippen LogP contribution in [0.25, 0.3) is 0 Å². The predicted molar refractivity (Wildman–Crippen MR) is 78.8 cm³/mol. The number of aryl methyl sites for hydroxylation is 2. The highest BCUT2D eigenvalue weighted by Gasteiger charge is 2.24. The Bertz CT molecular complexity index is 441. The maximum atomic E-state index is 12.1. The van der Waals surface area contributed by atoms with Gasteiger partial charge in [0.15, 0.2) is 0 Å². The Morgan fingerprint density at radius 3 is 2.89 bits per heavy atom. The largest absolute Gasteiger partial charge is 0.388 e. The van der Waals surface area contributed by atoms with Gasteiger partial charge < -0.3 is 10.4 Å². The van der Waals surface area contributed by atoms with E-state index in [1.807, 2.05) is 6.07 Å². The van der Waals surface area contributed by atoms with Crippen molar-refractivity contribution in [3.63, 3.8) is 0 Å². The molecule has 1 heterocycles. The van der Waals surface area contributed by atoms with Gasteiger partial charge >= 0.3 is 0 Å². The van der Waals surface area contributed by atoms with Gasteiger partial charge in [-0.15, -0.1) is 11.3 Å². The van der Waals surface area contributed by atoms with E-state index in [9.17, 15) is 9.90 Å². The fraction of sp³-hybridized carbons (Fsp3) is 0.667. The average molecular weight is 281 g/mol. The first kappa shape index (κ1) is 14.5. The molecular weight excluding hydrogens is 258 g/mol. The predicted octanol–water partition coefficient (Wildman–Crippen LogP) is 2.76. The fourth-order valence-electron chi connectivity index (χ4n) is 2.75. The molecule has 1 atom stereocenters. The Labute approximate surface area is 119 Å². The molecule has 0 spiro atoms. The van der Waals surface area contributed by atoms with E-state index >= 15 is 0 Å². The standard InChI is InChI=1S/C15H23NO2S/c1-10(2)8-15(3,18)9-16-14(17)13-7-11-5-4-6-12(11)19-13/h7,10,18H,4-6,8-9H2,1-3H3,(H,16,17). The SMILES string of the molecule is CC(C)CC(C)(O)CNC(=O)c1cc2c(s1)CCC2. The molecule has 1 aliphatic carbocycles. The minimum absolute atomic E-state index is 0.0524. The molecule has 0 radical (unpaired) electrons. The van der Waals surface area contributed by atoms with Crippen LogP contribution >= 0.6 is 11.3 Å². The Kier molecular flexibility index (Phi) is 4.31. The monoisotopic (exact) mass is 281 g/mol. The maximum absolute atomic E-state index is 12.1. The summed E-state index contributed by atoms with van der Waals surface area (Å²) in [7, 11) is 0. The molecular formula is C15H23NO2S. The lowest BCUT2D eigenvalue weighted by molar-refractivity contribution is 0.0369. The summed E-state index contributed by atoms with van der Waals surface area (Å²) >= 11 is 1.60. The van der Waals surface area contributed by atoms with Crippen molar-refractivity contribution in [1.29, 1.82) is 0 Å². The van der Waals surface area contributed by atoms with Gasteiger partial charge in [0.1, 0.15) is 0 Å². The van der Waals surface area contributed by atoms with Crippen molar-refractivity contribution in [3.8, 4) is 0 Å². The van der Waals surface area contributed by atoms with Gasteiger partial charge in [0.25, 0.3) is 5.91 Å². The molecule has 1 aromatic heterocycles. The van der Waals surface area contributed by atoms with Crippen LogP contribution in [0.4, 0.5) is 0 Å². The van der Waals surface area contributed by atoms with E-state index in [1.165, 1.54) is 16.9 Å². The number of thiophene rings is 1. The molecule has 2 rings (SSSR count). The van der Waals surface area contributed by atoms with Crippen LogP contribution in [0.2, 0.25) is 0 Å². The topological polar surface area (TPSA) is 49.3 Å². The van der Waals surface area contributed by atoms with Crippen molar-refractivity contribution in [2.24, 2.45) is 5.92 Å². The third-order valence-corrected chi connectivity index (χ3v) is 4.68. The van der Waals surface area contributed by atoms with Gasteiger partial charge in [-0.2, -0.15) is 0 Å². The van der Waals surface area contributed by atoms with E-state index in [0.717, 1.165) is 17.7 Å². The van der Waals surface area contributed by atoms with E-state index in [2.05, 4.69) is 19.2 Å². The lowest BCUT2D eigenvalue weighted by Crippen LogP contribution is -2.41. The highest BCUT2D eigenvalue weighted by atomic mass is 32.1. The maximum Gasteiger partial charge on any atom is 0.261 e. The molecule has 2 N–H and O–H groups in total. The van der Waals surface area contributed by atoms with Crippen molar-refractivity contribution < 1.29 is 9.90 Å². The van der Waals surface area contributed by atoms with Crippen LogP contribution in [0.1, 0.15) is 53.7 Å².